The van der Waals surface area contributed by atoms with E-state index in [1.807, 2.05) is 36.0 Å². The summed E-state index contributed by atoms with van der Waals surface area (Å²) in [5, 5.41) is 3.54. The molecular weight excluding hydrogens is 356 g/mol. The molecule has 0 saturated heterocycles. The normalized spacial score (nSPS) is 10.8. The molecule has 2 heterocycles. The number of carbonyl (C=O) groups is 1. The molecule has 0 saturated carbocycles. The average Bonchev–Trinajstić information content (AvgIpc) is 3.11. The third kappa shape index (κ3) is 3.64. The van der Waals surface area contributed by atoms with Crippen molar-refractivity contribution in [2.45, 2.75) is 6.61 Å². The number of aromatic amines is 1. The third-order valence-corrected chi connectivity index (χ3v) is 4.40. The van der Waals surface area contributed by atoms with Gasteiger partial charge in [0.15, 0.2) is 0 Å². The molecule has 2 N–H and O–H groups in total. The van der Waals surface area contributed by atoms with Crippen molar-refractivity contribution < 1.29 is 9.53 Å². The van der Waals surface area contributed by atoms with Crippen LogP contribution in [0.15, 0.2) is 71.8 Å². The molecule has 4 rings (SSSR count). The lowest BCUT2D eigenvalue weighted by atomic mass is 10.1. The molecule has 2 aromatic carbocycles. The lowest BCUT2D eigenvalue weighted by Crippen LogP contribution is -2.22. The number of aromatic nitrogens is 3. The van der Waals surface area contributed by atoms with Gasteiger partial charge in [-0.3, -0.25) is 9.59 Å². The molecule has 1 amide bonds. The molecule has 7 heteroatoms. The summed E-state index contributed by atoms with van der Waals surface area (Å²) in [7, 11) is 1.90. The number of hydrogen-bond acceptors (Lipinski definition) is 4. The van der Waals surface area contributed by atoms with Gasteiger partial charge in [-0.15, -0.1) is 0 Å². The molecule has 2 aromatic heterocycles. The summed E-state index contributed by atoms with van der Waals surface area (Å²) in [6, 6.07) is 15.9. The molecule has 0 unspecified atom stereocenters. The number of hydrogen-bond donors (Lipinski definition) is 2. The minimum Gasteiger partial charge on any atom is -0.486 e. The standard InChI is InChI=1S/C21H18N4O3/c1-25-11-10-22-19(25)13-28-16-8-6-15(7-9-16)23-20(26)17-12-14-4-2-3-5-18(14)24-21(17)27/h2-12H,13H2,1H3,(H,23,26)(H,24,27). The molecule has 7 nitrogen and oxygen atoms in total. The predicted molar refractivity (Wildman–Crippen MR) is 107 cm³/mol. The van der Waals surface area contributed by atoms with Crippen molar-refractivity contribution in [3.05, 3.63) is 88.7 Å². The van der Waals surface area contributed by atoms with E-state index in [0.717, 1.165) is 11.2 Å². The van der Waals surface area contributed by atoms with E-state index >= 15 is 0 Å². The van der Waals surface area contributed by atoms with Crippen molar-refractivity contribution in [1.82, 2.24) is 14.5 Å². The lowest BCUT2D eigenvalue weighted by molar-refractivity contribution is 0.102. The number of pyridine rings is 1. The van der Waals surface area contributed by atoms with E-state index in [4.69, 9.17) is 4.74 Å². The van der Waals surface area contributed by atoms with Crippen LogP contribution in [0.5, 0.6) is 5.75 Å². The van der Waals surface area contributed by atoms with Crippen molar-refractivity contribution >= 4 is 22.5 Å². The number of amides is 1. The second-order valence-electron chi connectivity index (χ2n) is 6.32. The first-order valence-corrected chi connectivity index (χ1v) is 8.72. The summed E-state index contributed by atoms with van der Waals surface area (Å²) in [4.78, 5) is 31.6. The van der Waals surface area contributed by atoms with E-state index in [-0.39, 0.29) is 5.56 Å². The van der Waals surface area contributed by atoms with E-state index in [2.05, 4.69) is 15.3 Å². The Bertz CT molecular complexity index is 1190. The monoisotopic (exact) mass is 374 g/mol. The number of para-hydroxylation sites is 1. The average molecular weight is 374 g/mol. The van der Waals surface area contributed by atoms with Crippen LogP contribution in [0.2, 0.25) is 0 Å². The van der Waals surface area contributed by atoms with Gasteiger partial charge in [-0.25, -0.2) is 4.98 Å². The van der Waals surface area contributed by atoms with Crippen LogP contribution in [-0.4, -0.2) is 20.4 Å². The highest BCUT2D eigenvalue weighted by Gasteiger charge is 2.12. The van der Waals surface area contributed by atoms with E-state index in [1.165, 1.54) is 0 Å². The third-order valence-electron chi connectivity index (χ3n) is 4.40. The van der Waals surface area contributed by atoms with Crippen LogP contribution in [0.3, 0.4) is 0 Å². The summed E-state index contributed by atoms with van der Waals surface area (Å²) < 4.78 is 7.58. The molecule has 4 aromatic rings. The van der Waals surface area contributed by atoms with Crippen molar-refractivity contribution in [2.75, 3.05) is 5.32 Å². The lowest BCUT2D eigenvalue weighted by Gasteiger charge is -2.09. The number of rotatable bonds is 5. The van der Waals surface area contributed by atoms with Gasteiger partial charge < -0.3 is 19.6 Å². The first-order chi connectivity index (χ1) is 13.6. The van der Waals surface area contributed by atoms with Gasteiger partial charge >= 0.3 is 0 Å². The molecule has 0 aliphatic rings. The number of nitrogens with zero attached hydrogens (tertiary/aromatic N) is 2. The van der Waals surface area contributed by atoms with Gasteiger partial charge in [0.2, 0.25) is 0 Å². The van der Waals surface area contributed by atoms with Crippen LogP contribution in [0.1, 0.15) is 16.2 Å². The highest BCUT2D eigenvalue weighted by atomic mass is 16.5. The smallest absolute Gasteiger partial charge is 0.261 e. The molecule has 0 bridgehead atoms. The minimum atomic E-state index is -0.464. The zero-order valence-corrected chi connectivity index (χ0v) is 15.2. The minimum absolute atomic E-state index is 0.0637. The maximum absolute atomic E-state index is 12.5. The van der Waals surface area contributed by atoms with Crippen molar-refractivity contribution in [3.8, 4) is 5.75 Å². The molecule has 28 heavy (non-hydrogen) atoms. The van der Waals surface area contributed by atoms with Gasteiger partial charge in [-0.05, 0) is 41.8 Å². The number of H-pyrrole nitrogens is 1. The van der Waals surface area contributed by atoms with Crippen molar-refractivity contribution in [1.29, 1.82) is 0 Å². The van der Waals surface area contributed by atoms with Gasteiger partial charge in [0.05, 0.1) is 0 Å². The van der Waals surface area contributed by atoms with Crippen LogP contribution in [0, 0.1) is 0 Å². The van der Waals surface area contributed by atoms with Crippen LogP contribution in [0.25, 0.3) is 10.9 Å². The Hall–Kier alpha value is -3.87. The van der Waals surface area contributed by atoms with E-state index in [0.29, 0.717) is 23.6 Å². The fourth-order valence-electron chi connectivity index (χ4n) is 2.83. The van der Waals surface area contributed by atoms with Crippen molar-refractivity contribution in [3.63, 3.8) is 0 Å². The Morgan fingerprint density at radius 2 is 1.96 bits per heavy atom. The van der Waals surface area contributed by atoms with Crippen LogP contribution >= 0.6 is 0 Å². The maximum Gasteiger partial charge on any atom is 0.261 e. The van der Waals surface area contributed by atoms with Gasteiger partial charge in [0.1, 0.15) is 23.7 Å². The molecule has 0 aliphatic heterocycles. The summed E-state index contributed by atoms with van der Waals surface area (Å²) in [5.74, 6) is 1.01. The van der Waals surface area contributed by atoms with Crippen LogP contribution in [-0.2, 0) is 13.7 Å². The van der Waals surface area contributed by atoms with Crippen LogP contribution < -0.4 is 15.6 Å². The molecule has 0 fully saturated rings. The Labute approximate surface area is 160 Å². The molecule has 140 valence electrons. The fourth-order valence-corrected chi connectivity index (χ4v) is 2.83. The Morgan fingerprint density at radius 3 is 2.71 bits per heavy atom. The number of imidazole rings is 1. The molecular formula is C21H18N4O3. The summed E-state index contributed by atoms with van der Waals surface area (Å²) >= 11 is 0. The number of nitrogens with one attached hydrogen (secondary N) is 2. The molecule has 0 spiro atoms. The van der Waals surface area contributed by atoms with Crippen LogP contribution in [0.4, 0.5) is 5.69 Å². The van der Waals surface area contributed by atoms with Gasteiger partial charge in [-0.1, -0.05) is 18.2 Å². The number of fused-ring (bicyclic) bond motifs is 1. The zero-order chi connectivity index (χ0) is 19.5. The van der Waals surface area contributed by atoms with E-state index in [1.54, 1.807) is 42.6 Å². The maximum atomic E-state index is 12.5. The largest absolute Gasteiger partial charge is 0.486 e. The van der Waals surface area contributed by atoms with Crippen molar-refractivity contribution in [2.24, 2.45) is 7.05 Å². The Morgan fingerprint density at radius 1 is 1.18 bits per heavy atom. The first-order valence-electron chi connectivity index (χ1n) is 8.72. The Balaban J connectivity index is 1.45. The summed E-state index contributed by atoms with van der Waals surface area (Å²) in [6.45, 7) is 0.349. The summed E-state index contributed by atoms with van der Waals surface area (Å²) in [5.41, 5.74) is 0.903. The van der Waals surface area contributed by atoms with Gasteiger partial charge in [0, 0.05) is 30.6 Å². The van der Waals surface area contributed by atoms with Gasteiger partial charge in [0.25, 0.3) is 11.5 Å². The Kier molecular flexibility index (Phi) is 4.63. The number of carbonyl (C=O) groups excluding carboxylic acids is 1. The second kappa shape index (κ2) is 7.40. The molecule has 0 atom stereocenters. The molecule has 0 aliphatic carbocycles. The zero-order valence-electron chi connectivity index (χ0n) is 15.2. The SMILES string of the molecule is Cn1ccnc1COc1ccc(NC(=O)c2cc3ccccc3[nH]c2=O)cc1. The predicted octanol–water partition coefficient (Wildman–Crippen LogP) is 3.09. The molecule has 0 radical (unpaired) electrons. The number of anilines is 1. The topological polar surface area (TPSA) is 89.0 Å². The quantitative estimate of drug-likeness (QED) is 0.562. The van der Waals surface area contributed by atoms with E-state index < -0.39 is 11.5 Å². The fraction of sp³-hybridized carbons (Fsp3) is 0.0952. The van der Waals surface area contributed by atoms with E-state index in [9.17, 15) is 9.59 Å². The number of aryl methyl sites for hydroxylation is 1. The number of benzene rings is 2. The van der Waals surface area contributed by atoms with Gasteiger partial charge in [-0.2, -0.15) is 0 Å². The highest BCUT2D eigenvalue weighted by molar-refractivity contribution is 6.05. The number of ether oxygens (including phenoxy) is 1. The first kappa shape index (κ1) is 17.5. The summed E-state index contributed by atoms with van der Waals surface area (Å²) in [6.07, 6.45) is 3.57. The highest BCUT2D eigenvalue weighted by Crippen LogP contribution is 2.18. The second-order valence-corrected chi connectivity index (χ2v) is 6.32.